The summed E-state index contributed by atoms with van der Waals surface area (Å²) in [5, 5.41) is 3.13. The van der Waals surface area contributed by atoms with Crippen LogP contribution in [0.5, 0.6) is 0 Å². The van der Waals surface area contributed by atoms with Gasteiger partial charge in [0.15, 0.2) is 0 Å². The zero-order valence-electron chi connectivity index (χ0n) is 18.8. The van der Waals surface area contributed by atoms with Crippen molar-refractivity contribution in [3.8, 4) is 5.69 Å². The molecule has 34 heavy (non-hydrogen) atoms. The molecule has 1 aliphatic heterocycles. The van der Waals surface area contributed by atoms with Crippen LogP contribution in [0.15, 0.2) is 81.7 Å². The van der Waals surface area contributed by atoms with Crippen molar-refractivity contribution >= 4 is 48.8 Å². The minimum Gasteiger partial charge on any atom is -0.352 e. The molecule has 1 amide bonds. The minimum absolute atomic E-state index is 0.00490. The highest BCUT2D eigenvalue weighted by Gasteiger charge is 2.27. The molecule has 0 unspecified atom stereocenters. The smallest absolute Gasteiger partial charge is 0.224 e. The van der Waals surface area contributed by atoms with Gasteiger partial charge in [0.1, 0.15) is 5.82 Å². The van der Waals surface area contributed by atoms with E-state index in [1.54, 1.807) is 0 Å². The van der Waals surface area contributed by atoms with E-state index in [0.717, 1.165) is 63.0 Å². The Balaban J connectivity index is 1.31. The van der Waals surface area contributed by atoms with Gasteiger partial charge >= 0.3 is 0 Å². The van der Waals surface area contributed by atoms with Crippen LogP contribution >= 0.6 is 31.9 Å². The summed E-state index contributed by atoms with van der Waals surface area (Å²) in [6.07, 6.45) is 1.93. The topological polar surface area (TPSA) is 50.2 Å². The summed E-state index contributed by atoms with van der Waals surface area (Å²) in [4.78, 5) is 20.3. The van der Waals surface area contributed by atoms with Crippen molar-refractivity contribution in [1.82, 2.24) is 19.8 Å². The van der Waals surface area contributed by atoms with Crippen molar-refractivity contribution in [2.45, 2.75) is 25.9 Å². The van der Waals surface area contributed by atoms with Crippen LogP contribution in [0.25, 0.3) is 16.7 Å². The van der Waals surface area contributed by atoms with Crippen molar-refractivity contribution in [3.63, 3.8) is 0 Å². The van der Waals surface area contributed by atoms with Gasteiger partial charge in [-0.2, -0.15) is 0 Å². The lowest BCUT2D eigenvalue weighted by Crippen LogP contribution is -2.42. The summed E-state index contributed by atoms with van der Waals surface area (Å²) in [5.41, 5.74) is 4.28. The van der Waals surface area contributed by atoms with Gasteiger partial charge in [-0.05, 0) is 73.5 Å². The highest BCUT2D eigenvalue weighted by Crippen LogP contribution is 2.26. The number of carbonyl (C=O) groups excluding carboxylic acids is 1. The summed E-state index contributed by atoms with van der Waals surface area (Å²) in [6, 6.07) is 24.6. The van der Waals surface area contributed by atoms with E-state index in [0.29, 0.717) is 13.1 Å². The molecular weight excluding hydrogens is 556 g/mol. The number of piperidine rings is 1. The number of rotatable bonds is 6. The summed E-state index contributed by atoms with van der Waals surface area (Å²) >= 11 is 6.99. The van der Waals surface area contributed by atoms with E-state index >= 15 is 0 Å². The maximum absolute atomic E-state index is 12.9. The average Bonchev–Trinajstić information content (AvgIpc) is 3.22. The number of aromatic nitrogens is 2. The van der Waals surface area contributed by atoms with Crippen molar-refractivity contribution in [2.24, 2.45) is 5.92 Å². The van der Waals surface area contributed by atoms with Crippen molar-refractivity contribution < 1.29 is 4.79 Å². The normalized spacial score (nSPS) is 16.6. The van der Waals surface area contributed by atoms with E-state index in [4.69, 9.17) is 4.98 Å². The number of benzene rings is 3. The SMILES string of the molecule is O=C(NCc1ccc(Br)cc1)[C@@H]1CCCN(Cc2nc3ccccc3n2-c2ccc(Br)cc2)C1. The Hall–Kier alpha value is -2.48. The second kappa shape index (κ2) is 10.4. The Kier molecular flexibility index (Phi) is 7.13. The fourth-order valence-corrected chi connectivity index (χ4v) is 5.14. The molecule has 0 radical (unpaired) electrons. The average molecular weight is 582 g/mol. The Morgan fingerprint density at radius 2 is 1.68 bits per heavy atom. The van der Waals surface area contributed by atoms with Gasteiger partial charge < -0.3 is 5.32 Å². The second-order valence-electron chi connectivity index (χ2n) is 8.75. The van der Waals surface area contributed by atoms with Crippen LogP contribution in [0, 0.1) is 5.92 Å². The minimum atomic E-state index is -0.00490. The van der Waals surface area contributed by atoms with Gasteiger partial charge in [0.25, 0.3) is 0 Å². The first-order valence-electron chi connectivity index (χ1n) is 11.5. The van der Waals surface area contributed by atoms with Gasteiger partial charge in [0, 0.05) is 27.7 Å². The van der Waals surface area contributed by atoms with Crippen LogP contribution in [0.3, 0.4) is 0 Å². The molecule has 0 saturated carbocycles. The van der Waals surface area contributed by atoms with Gasteiger partial charge in [0.2, 0.25) is 5.91 Å². The number of carbonyl (C=O) groups is 1. The fraction of sp³-hybridized carbons (Fsp3) is 0.259. The molecule has 5 rings (SSSR count). The summed E-state index contributed by atoms with van der Waals surface area (Å²) in [5.74, 6) is 1.13. The molecule has 1 aromatic heterocycles. The monoisotopic (exact) mass is 580 g/mol. The van der Waals surface area contributed by atoms with E-state index in [-0.39, 0.29) is 11.8 Å². The lowest BCUT2D eigenvalue weighted by atomic mass is 9.97. The molecule has 3 aromatic carbocycles. The molecule has 4 aromatic rings. The van der Waals surface area contributed by atoms with Crippen LogP contribution in [0.2, 0.25) is 0 Å². The van der Waals surface area contributed by atoms with Gasteiger partial charge in [0.05, 0.1) is 23.5 Å². The fourth-order valence-electron chi connectivity index (χ4n) is 4.61. The quantitative estimate of drug-likeness (QED) is 0.300. The molecule has 1 aliphatic rings. The summed E-state index contributed by atoms with van der Waals surface area (Å²) in [6.45, 7) is 2.99. The van der Waals surface area contributed by atoms with Crippen LogP contribution in [-0.4, -0.2) is 33.4 Å². The third-order valence-electron chi connectivity index (χ3n) is 6.34. The van der Waals surface area contributed by atoms with E-state index < -0.39 is 0 Å². The molecule has 1 fully saturated rings. The Labute approximate surface area is 216 Å². The number of halogens is 2. The maximum atomic E-state index is 12.9. The number of hydrogen-bond acceptors (Lipinski definition) is 3. The van der Waals surface area contributed by atoms with Crippen molar-refractivity contribution in [2.75, 3.05) is 13.1 Å². The molecule has 0 spiro atoms. The molecule has 1 atom stereocenters. The van der Waals surface area contributed by atoms with E-state index in [1.165, 1.54) is 0 Å². The highest BCUT2D eigenvalue weighted by atomic mass is 79.9. The highest BCUT2D eigenvalue weighted by molar-refractivity contribution is 9.10. The Morgan fingerprint density at radius 1 is 0.971 bits per heavy atom. The lowest BCUT2D eigenvalue weighted by Gasteiger charge is -2.31. The zero-order valence-corrected chi connectivity index (χ0v) is 21.9. The predicted molar refractivity (Wildman–Crippen MR) is 143 cm³/mol. The predicted octanol–water partition coefficient (Wildman–Crippen LogP) is 6.08. The third-order valence-corrected chi connectivity index (χ3v) is 7.39. The van der Waals surface area contributed by atoms with E-state index in [9.17, 15) is 4.79 Å². The third kappa shape index (κ3) is 5.27. The van der Waals surface area contributed by atoms with E-state index in [1.807, 2.05) is 30.3 Å². The molecule has 2 heterocycles. The molecule has 0 aliphatic carbocycles. The van der Waals surface area contributed by atoms with Crippen LogP contribution in [0.4, 0.5) is 0 Å². The largest absolute Gasteiger partial charge is 0.352 e. The number of fused-ring (bicyclic) bond motifs is 1. The number of nitrogens with zero attached hydrogens (tertiary/aromatic N) is 3. The van der Waals surface area contributed by atoms with Crippen molar-refractivity contribution in [1.29, 1.82) is 0 Å². The summed E-state index contributed by atoms with van der Waals surface area (Å²) < 4.78 is 4.33. The van der Waals surface area contributed by atoms with Crippen LogP contribution in [-0.2, 0) is 17.9 Å². The zero-order chi connectivity index (χ0) is 23.5. The van der Waals surface area contributed by atoms with Crippen LogP contribution < -0.4 is 5.32 Å². The number of para-hydroxylation sites is 2. The van der Waals surface area contributed by atoms with Gasteiger partial charge in [-0.15, -0.1) is 0 Å². The first-order chi connectivity index (χ1) is 16.6. The Bertz CT molecular complexity index is 1280. The number of likely N-dealkylation sites (tertiary alicyclic amines) is 1. The first kappa shape index (κ1) is 23.3. The van der Waals surface area contributed by atoms with Crippen LogP contribution in [0.1, 0.15) is 24.2 Å². The molecule has 174 valence electrons. The number of nitrogens with one attached hydrogen (secondary N) is 1. The number of hydrogen-bond donors (Lipinski definition) is 1. The van der Waals surface area contributed by atoms with E-state index in [2.05, 4.69) is 89.1 Å². The van der Waals surface area contributed by atoms with Gasteiger partial charge in [-0.25, -0.2) is 4.98 Å². The Morgan fingerprint density at radius 3 is 2.44 bits per heavy atom. The van der Waals surface area contributed by atoms with Gasteiger partial charge in [-0.3, -0.25) is 14.3 Å². The maximum Gasteiger partial charge on any atom is 0.224 e. The number of imidazole rings is 1. The molecule has 1 saturated heterocycles. The molecular formula is C27H26Br2N4O. The second-order valence-corrected chi connectivity index (χ2v) is 10.6. The van der Waals surface area contributed by atoms with Crippen molar-refractivity contribution in [3.05, 3.63) is 93.1 Å². The molecule has 1 N–H and O–H groups in total. The standard InChI is InChI=1S/C27H26Br2N4O/c28-21-9-7-19(8-10-21)16-30-27(34)20-4-3-15-32(17-20)18-26-31-24-5-1-2-6-25(24)33(26)23-13-11-22(29)12-14-23/h1-2,5-14,20H,3-4,15-18H2,(H,30,34)/t20-/m1/s1. The first-order valence-corrected chi connectivity index (χ1v) is 13.1. The van der Waals surface area contributed by atoms with Gasteiger partial charge in [-0.1, -0.05) is 56.1 Å². The lowest BCUT2D eigenvalue weighted by molar-refractivity contribution is -0.127. The molecule has 5 nitrogen and oxygen atoms in total. The molecule has 0 bridgehead atoms. The molecule has 7 heteroatoms. The summed E-state index contributed by atoms with van der Waals surface area (Å²) in [7, 11) is 0. The number of amides is 1.